The van der Waals surface area contributed by atoms with Gasteiger partial charge in [-0.1, -0.05) is 20.8 Å². The molecule has 5 nitrogen and oxygen atoms in total. The van der Waals surface area contributed by atoms with Crippen molar-refractivity contribution >= 4 is 29.9 Å². The summed E-state index contributed by atoms with van der Waals surface area (Å²) < 4.78 is 0. The largest absolute Gasteiger partial charge is 0.356 e. The van der Waals surface area contributed by atoms with Crippen LogP contribution in [-0.2, 0) is 0 Å². The second-order valence-corrected chi connectivity index (χ2v) is 6.50. The zero-order valence-electron chi connectivity index (χ0n) is 16.3. The van der Waals surface area contributed by atoms with Crippen molar-refractivity contribution in [3.05, 3.63) is 0 Å². The predicted molar refractivity (Wildman–Crippen MR) is 117 cm³/mol. The molecule has 24 heavy (non-hydrogen) atoms. The number of aliphatic imine (C=N–C) groups is 1. The summed E-state index contributed by atoms with van der Waals surface area (Å²) >= 11 is 0. The van der Waals surface area contributed by atoms with E-state index < -0.39 is 0 Å². The molecule has 1 rings (SSSR count). The van der Waals surface area contributed by atoms with E-state index in [1.165, 1.54) is 58.3 Å². The third kappa shape index (κ3) is 9.42. The first-order chi connectivity index (χ1) is 11.2. The van der Waals surface area contributed by atoms with Gasteiger partial charge in [0, 0.05) is 26.2 Å². The van der Waals surface area contributed by atoms with Crippen molar-refractivity contribution < 1.29 is 0 Å². The molecule has 0 bridgehead atoms. The first-order valence-electron chi connectivity index (χ1n) is 9.66. The monoisotopic (exact) mass is 453 g/mol. The zero-order chi connectivity index (χ0) is 16.9. The molecule has 0 spiro atoms. The smallest absolute Gasteiger partial charge is 0.191 e. The van der Waals surface area contributed by atoms with Gasteiger partial charge in [0.2, 0.25) is 0 Å². The molecule has 1 saturated heterocycles. The number of nitrogens with one attached hydrogen (secondary N) is 2. The van der Waals surface area contributed by atoms with Gasteiger partial charge in [-0.2, -0.15) is 0 Å². The molecule has 1 fully saturated rings. The van der Waals surface area contributed by atoms with Crippen LogP contribution in [0.4, 0.5) is 0 Å². The molecule has 1 atom stereocenters. The molecule has 0 aromatic rings. The highest BCUT2D eigenvalue weighted by atomic mass is 127. The van der Waals surface area contributed by atoms with Crippen LogP contribution in [0.1, 0.15) is 52.9 Å². The van der Waals surface area contributed by atoms with E-state index in [9.17, 15) is 0 Å². The molecule has 144 valence electrons. The molecule has 0 radical (unpaired) electrons. The third-order valence-electron chi connectivity index (χ3n) is 4.66. The van der Waals surface area contributed by atoms with Crippen molar-refractivity contribution in [3.63, 3.8) is 0 Å². The van der Waals surface area contributed by atoms with Crippen LogP contribution in [0.5, 0.6) is 0 Å². The summed E-state index contributed by atoms with van der Waals surface area (Å²) in [7, 11) is 1.86. The van der Waals surface area contributed by atoms with Gasteiger partial charge in [-0.15, -0.1) is 24.0 Å². The van der Waals surface area contributed by atoms with Crippen molar-refractivity contribution in [1.82, 2.24) is 20.4 Å². The normalized spacial score (nSPS) is 18.7. The summed E-state index contributed by atoms with van der Waals surface area (Å²) in [6, 6.07) is 0.670. The van der Waals surface area contributed by atoms with Gasteiger partial charge in [-0.05, 0) is 64.8 Å². The number of likely N-dealkylation sites (N-methyl/N-ethyl adjacent to an activating group) is 1. The Hall–Kier alpha value is -0.0800. The molecule has 6 heteroatoms. The fourth-order valence-electron chi connectivity index (χ4n) is 3.46. The van der Waals surface area contributed by atoms with Gasteiger partial charge >= 0.3 is 0 Å². The van der Waals surface area contributed by atoms with Crippen LogP contribution < -0.4 is 10.6 Å². The Morgan fingerprint density at radius 2 is 1.83 bits per heavy atom. The Labute approximate surface area is 167 Å². The highest BCUT2D eigenvalue weighted by Gasteiger charge is 2.22. The van der Waals surface area contributed by atoms with E-state index in [-0.39, 0.29) is 24.0 Å². The molecule has 0 aromatic heterocycles. The summed E-state index contributed by atoms with van der Waals surface area (Å²) in [5, 5.41) is 6.96. The minimum atomic E-state index is 0. The van der Waals surface area contributed by atoms with E-state index in [4.69, 9.17) is 0 Å². The van der Waals surface area contributed by atoms with Gasteiger partial charge in [0.25, 0.3) is 0 Å². The summed E-state index contributed by atoms with van der Waals surface area (Å²) in [5.41, 5.74) is 0. The second kappa shape index (κ2) is 15.2. The van der Waals surface area contributed by atoms with Gasteiger partial charge in [0.1, 0.15) is 0 Å². The Balaban J connectivity index is 0.00000529. The second-order valence-electron chi connectivity index (χ2n) is 6.50. The summed E-state index contributed by atoms with van der Waals surface area (Å²) in [6.07, 6.45) is 6.29. The first kappa shape index (κ1) is 23.9. The minimum absolute atomic E-state index is 0. The van der Waals surface area contributed by atoms with Crippen LogP contribution in [-0.4, -0.2) is 74.7 Å². The molecule has 1 aliphatic rings. The quantitative estimate of drug-likeness (QED) is 0.219. The Bertz CT molecular complexity index is 319. The molecule has 0 saturated carbocycles. The number of hydrogen-bond acceptors (Lipinski definition) is 3. The van der Waals surface area contributed by atoms with Gasteiger partial charge < -0.3 is 15.5 Å². The average molecular weight is 453 g/mol. The predicted octanol–water partition coefficient (Wildman–Crippen LogP) is 2.77. The maximum atomic E-state index is 4.35. The topological polar surface area (TPSA) is 42.9 Å². The summed E-state index contributed by atoms with van der Waals surface area (Å²) in [4.78, 5) is 9.48. The minimum Gasteiger partial charge on any atom is -0.356 e. The van der Waals surface area contributed by atoms with Crippen LogP contribution in [0.15, 0.2) is 4.99 Å². The Morgan fingerprint density at radius 3 is 2.42 bits per heavy atom. The van der Waals surface area contributed by atoms with E-state index in [1.54, 1.807) is 0 Å². The number of nitrogens with zero attached hydrogens (tertiary/aromatic N) is 3. The van der Waals surface area contributed by atoms with E-state index >= 15 is 0 Å². The van der Waals surface area contributed by atoms with E-state index in [0.717, 1.165) is 25.6 Å². The molecular formula is C18H40IN5. The average Bonchev–Trinajstić information content (AvgIpc) is 3.02. The van der Waals surface area contributed by atoms with Crippen LogP contribution in [0.25, 0.3) is 0 Å². The van der Waals surface area contributed by atoms with Crippen LogP contribution in [0.3, 0.4) is 0 Å². The lowest BCUT2D eigenvalue weighted by molar-refractivity contribution is 0.266. The first-order valence-corrected chi connectivity index (χ1v) is 9.66. The van der Waals surface area contributed by atoms with Crippen LogP contribution in [0, 0.1) is 0 Å². The molecule has 1 aliphatic heterocycles. The summed E-state index contributed by atoms with van der Waals surface area (Å²) in [5.74, 6) is 0.950. The summed E-state index contributed by atoms with van der Waals surface area (Å²) in [6.45, 7) is 14.8. The molecule has 2 N–H and O–H groups in total. The molecular weight excluding hydrogens is 413 g/mol. The van der Waals surface area contributed by atoms with E-state index in [1.807, 2.05) is 7.05 Å². The lowest BCUT2D eigenvalue weighted by atomic mass is 10.2. The molecule has 0 aromatic carbocycles. The number of hydrogen-bond donors (Lipinski definition) is 2. The number of likely N-dealkylation sites (tertiary alicyclic amines) is 1. The van der Waals surface area contributed by atoms with E-state index in [0.29, 0.717) is 6.04 Å². The van der Waals surface area contributed by atoms with Crippen molar-refractivity contribution in [3.8, 4) is 0 Å². The fraction of sp³-hybridized carbons (Fsp3) is 0.944. The van der Waals surface area contributed by atoms with Crippen molar-refractivity contribution in [2.24, 2.45) is 4.99 Å². The fourth-order valence-corrected chi connectivity index (χ4v) is 3.46. The van der Waals surface area contributed by atoms with Gasteiger partial charge in [0.05, 0.1) is 0 Å². The zero-order valence-corrected chi connectivity index (χ0v) is 18.6. The standard InChI is InChI=1S/C18H39N5.HI/c1-5-12-22(13-6-2)14-9-11-20-18(19-4)21-16-17-10-8-15-23(17)7-3;/h17H,5-16H2,1-4H3,(H2,19,20,21);1H. The number of halogens is 1. The highest BCUT2D eigenvalue weighted by molar-refractivity contribution is 14.0. The maximum Gasteiger partial charge on any atom is 0.191 e. The number of guanidine groups is 1. The third-order valence-corrected chi connectivity index (χ3v) is 4.66. The van der Waals surface area contributed by atoms with Gasteiger partial charge in [-0.3, -0.25) is 9.89 Å². The highest BCUT2D eigenvalue weighted by Crippen LogP contribution is 2.15. The number of rotatable bonds is 11. The lowest BCUT2D eigenvalue weighted by Crippen LogP contribution is -2.45. The lowest BCUT2D eigenvalue weighted by Gasteiger charge is -2.24. The van der Waals surface area contributed by atoms with E-state index in [2.05, 4.69) is 46.2 Å². The molecule has 0 amide bonds. The Morgan fingerprint density at radius 1 is 1.12 bits per heavy atom. The molecule has 1 unspecified atom stereocenters. The van der Waals surface area contributed by atoms with Gasteiger partial charge in [0.15, 0.2) is 5.96 Å². The SMILES string of the molecule is CCCN(CCC)CCCNC(=NC)NCC1CCCN1CC.I. The Kier molecular flexibility index (Phi) is 15.1. The van der Waals surface area contributed by atoms with Gasteiger partial charge in [-0.25, -0.2) is 0 Å². The molecule has 0 aliphatic carbocycles. The van der Waals surface area contributed by atoms with Crippen LogP contribution in [0.2, 0.25) is 0 Å². The van der Waals surface area contributed by atoms with Crippen LogP contribution >= 0.6 is 24.0 Å². The molecule has 1 heterocycles. The maximum absolute atomic E-state index is 4.35. The van der Waals surface area contributed by atoms with Crippen molar-refractivity contribution in [2.75, 3.05) is 52.9 Å². The van der Waals surface area contributed by atoms with Crippen molar-refractivity contribution in [2.45, 2.75) is 58.9 Å². The van der Waals surface area contributed by atoms with Crippen molar-refractivity contribution in [1.29, 1.82) is 0 Å².